The van der Waals surface area contributed by atoms with Crippen LogP contribution in [-0.2, 0) is 11.3 Å². The van der Waals surface area contributed by atoms with Crippen molar-refractivity contribution in [3.8, 4) is 0 Å². The number of benzene rings is 1. The maximum Gasteiger partial charge on any atom is 0.255 e. The van der Waals surface area contributed by atoms with Crippen LogP contribution >= 0.6 is 0 Å². The number of imidazole rings is 1. The molecule has 6 heteroatoms. The molecule has 1 saturated carbocycles. The molecule has 30 heavy (non-hydrogen) atoms. The van der Waals surface area contributed by atoms with Crippen molar-refractivity contribution in [2.75, 3.05) is 11.1 Å². The van der Waals surface area contributed by atoms with E-state index in [9.17, 15) is 4.79 Å². The molecule has 4 rings (SSSR count). The van der Waals surface area contributed by atoms with Gasteiger partial charge in [0.05, 0.1) is 35.5 Å². The average Bonchev–Trinajstić information content (AvgIpc) is 3.12. The molecule has 158 valence electrons. The Kier molecular flexibility index (Phi) is 6.04. The number of hydrogen-bond donors (Lipinski definition) is 2. The summed E-state index contributed by atoms with van der Waals surface area (Å²) >= 11 is 0. The molecule has 1 fully saturated rings. The van der Waals surface area contributed by atoms with Gasteiger partial charge in [-0.1, -0.05) is 45.2 Å². The summed E-state index contributed by atoms with van der Waals surface area (Å²) < 4.78 is 8.29. The lowest BCUT2D eigenvalue weighted by atomic mass is 9.98. The highest BCUT2D eigenvalue weighted by atomic mass is 16.5. The first-order chi connectivity index (χ1) is 14.5. The molecule has 2 heterocycles. The second-order valence-corrected chi connectivity index (χ2v) is 8.35. The van der Waals surface area contributed by atoms with Crippen LogP contribution in [0.3, 0.4) is 0 Å². The number of carbonyl (C=O) groups is 1. The maximum absolute atomic E-state index is 12.7. The Hall–Kier alpha value is -2.86. The molecule has 1 aliphatic rings. The predicted molar refractivity (Wildman–Crippen MR) is 120 cm³/mol. The topological polar surface area (TPSA) is 81.7 Å². The minimum absolute atomic E-state index is 0.204. The number of nitrogen functional groups attached to an aromatic ring is 1. The number of aromatic nitrogens is 2. The van der Waals surface area contributed by atoms with Crippen LogP contribution in [0.5, 0.6) is 0 Å². The lowest BCUT2D eigenvalue weighted by Crippen LogP contribution is -2.17. The summed E-state index contributed by atoms with van der Waals surface area (Å²) in [6.07, 6.45) is 8.34. The zero-order valence-electron chi connectivity index (χ0n) is 17.7. The van der Waals surface area contributed by atoms with Crippen molar-refractivity contribution in [1.82, 2.24) is 9.38 Å². The molecule has 0 unspecified atom stereocenters. The number of carbonyl (C=O) groups excluding carboxylic acids is 1. The number of amides is 1. The van der Waals surface area contributed by atoms with Crippen molar-refractivity contribution in [2.24, 2.45) is 0 Å². The predicted octanol–water partition coefficient (Wildman–Crippen LogP) is 5.14. The van der Waals surface area contributed by atoms with E-state index in [1.165, 1.54) is 19.3 Å². The number of para-hydroxylation sites is 2. The standard InChI is InChI=1S/C24H30N4O2/c1-16(2)23-21(15-30-18-8-4-3-5-9-18)28-13-12-17(14-22(28)27-23)24(29)26-20-11-7-6-10-19(20)25/h6-7,10-14,16,18H,3-5,8-9,15,25H2,1-2H3,(H,26,29). The molecule has 0 atom stereocenters. The van der Waals surface area contributed by atoms with Crippen molar-refractivity contribution in [2.45, 2.75) is 64.6 Å². The fourth-order valence-electron chi connectivity index (χ4n) is 4.09. The SMILES string of the molecule is CC(C)c1nc2cc(C(=O)Nc3ccccc3N)ccn2c1COC1CCCCC1. The molecule has 3 N–H and O–H groups in total. The zero-order chi connectivity index (χ0) is 21.1. The molecule has 3 aromatic rings. The minimum atomic E-state index is -0.204. The van der Waals surface area contributed by atoms with E-state index in [1.54, 1.807) is 12.1 Å². The number of ether oxygens (including phenoxy) is 1. The Morgan fingerprint density at radius 3 is 2.73 bits per heavy atom. The van der Waals surface area contributed by atoms with Crippen LogP contribution in [-0.4, -0.2) is 21.4 Å². The van der Waals surface area contributed by atoms with Gasteiger partial charge in [0.15, 0.2) is 0 Å². The molecule has 6 nitrogen and oxygen atoms in total. The van der Waals surface area contributed by atoms with Crippen molar-refractivity contribution in [3.63, 3.8) is 0 Å². The van der Waals surface area contributed by atoms with Crippen LogP contribution < -0.4 is 11.1 Å². The highest BCUT2D eigenvalue weighted by Gasteiger charge is 2.20. The normalized spacial score (nSPS) is 15.0. The fourth-order valence-corrected chi connectivity index (χ4v) is 4.09. The Labute approximate surface area is 177 Å². The number of fused-ring (bicyclic) bond motifs is 1. The van der Waals surface area contributed by atoms with Gasteiger partial charge in [-0.15, -0.1) is 0 Å². The summed E-state index contributed by atoms with van der Waals surface area (Å²) in [6, 6.07) is 10.9. The monoisotopic (exact) mass is 406 g/mol. The van der Waals surface area contributed by atoms with E-state index in [1.807, 2.05) is 34.9 Å². The zero-order valence-corrected chi connectivity index (χ0v) is 17.7. The van der Waals surface area contributed by atoms with Crippen molar-refractivity contribution < 1.29 is 9.53 Å². The Balaban J connectivity index is 1.58. The van der Waals surface area contributed by atoms with Crippen molar-refractivity contribution >= 4 is 22.9 Å². The first-order valence-corrected chi connectivity index (χ1v) is 10.8. The van der Waals surface area contributed by atoms with Crippen molar-refractivity contribution in [3.05, 3.63) is 59.5 Å². The van der Waals surface area contributed by atoms with Crippen LogP contribution in [0, 0.1) is 0 Å². The van der Waals surface area contributed by atoms with Gasteiger partial charge in [0, 0.05) is 11.8 Å². The van der Waals surface area contributed by atoms with Crippen LogP contribution in [0.1, 0.15) is 73.6 Å². The largest absolute Gasteiger partial charge is 0.397 e. The van der Waals surface area contributed by atoms with E-state index in [4.69, 9.17) is 15.5 Å². The number of nitrogens with one attached hydrogen (secondary N) is 1. The highest BCUT2D eigenvalue weighted by molar-refractivity contribution is 6.06. The van der Waals surface area contributed by atoms with Gasteiger partial charge in [0.25, 0.3) is 5.91 Å². The molecule has 2 aromatic heterocycles. The second kappa shape index (κ2) is 8.88. The smallest absolute Gasteiger partial charge is 0.255 e. The number of rotatable bonds is 6. The van der Waals surface area contributed by atoms with E-state index >= 15 is 0 Å². The van der Waals surface area contributed by atoms with Gasteiger partial charge < -0.3 is 20.2 Å². The molecular weight excluding hydrogens is 376 g/mol. The minimum Gasteiger partial charge on any atom is -0.397 e. The van der Waals surface area contributed by atoms with Crippen LogP contribution in [0.15, 0.2) is 42.6 Å². The first kappa shape index (κ1) is 20.4. The van der Waals surface area contributed by atoms with Gasteiger partial charge in [0.2, 0.25) is 0 Å². The second-order valence-electron chi connectivity index (χ2n) is 8.35. The molecular formula is C24H30N4O2. The fraction of sp³-hybridized carbons (Fsp3) is 0.417. The van der Waals surface area contributed by atoms with Gasteiger partial charge in [-0.2, -0.15) is 0 Å². The molecule has 0 aliphatic heterocycles. The van der Waals surface area contributed by atoms with Crippen LogP contribution in [0.25, 0.3) is 5.65 Å². The Morgan fingerprint density at radius 1 is 1.23 bits per heavy atom. The van der Waals surface area contributed by atoms with Gasteiger partial charge in [0.1, 0.15) is 5.65 Å². The highest BCUT2D eigenvalue weighted by Crippen LogP contribution is 2.26. The third-order valence-corrected chi connectivity index (χ3v) is 5.78. The lowest BCUT2D eigenvalue weighted by Gasteiger charge is -2.22. The Morgan fingerprint density at radius 2 is 2.00 bits per heavy atom. The summed E-state index contributed by atoms with van der Waals surface area (Å²) in [5.74, 6) is 0.0701. The third kappa shape index (κ3) is 4.33. The molecule has 0 bridgehead atoms. The first-order valence-electron chi connectivity index (χ1n) is 10.8. The van der Waals surface area contributed by atoms with E-state index in [2.05, 4.69) is 19.2 Å². The number of hydrogen-bond acceptors (Lipinski definition) is 4. The quantitative estimate of drug-likeness (QED) is 0.555. The maximum atomic E-state index is 12.7. The summed E-state index contributed by atoms with van der Waals surface area (Å²) in [5.41, 5.74) is 10.5. The summed E-state index contributed by atoms with van der Waals surface area (Å²) in [6.45, 7) is 4.82. The van der Waals surface area contributed by atoms with Gasteiger partial charge in [-0.3, -0.25) is 4.79 Å². The summed E-state index contributed by atoms with van der Waals surface area (Å²) in [4.78, 5) is 17.6. The van der Waals surface area contributed by atoms with E-state index in [0.717, 1.165) is 29.9 Å². The van der Waals surface area contributed by atoms with Crippen molar-refractivity contribution in [1.29, 1.82) is 0 Å². The van der Waals surface area contributed by atoms with Gasteiger partial charge in [-0.05, 0) is 43.0 Å². The molecule has 1 aliphatic carbocycles. The molecule has 1 aromatic carbocycles. The summed E-state index contributed by atoms with van der Waals surface area (Å²) in [7, 11) is 0. The number of nitrogens with zero attached hydrogens (tertiary/aromatic N) is 2. The molecule has 1 amide bonds. The number of anilines is 2. The lowest BCUT2D eigenvalue weighted by molar-refractivity contribution is 0.0145. The summed E-state index contributed by atoms with van der Waals surface area (Å²) in [5, 5.41) is 2.88. The van der Waals surface area contributed by atoms with E-state index < -0.39 is 0 Å². The molecule has 0 saturated heterocycles. The Bertz CT molecular complexity index is 1030. The molecule has 0 spiro atoms. The van der Waals surface area contributed by atoms with E-state index in [0.29, 0.717) is 29.6 Å². The third-order valence-electron chi connectivity index (χ3n) is 5.78. The molecule has 0 radical (unpaired) electrons. The van der Waals surface area contributed by atoms with Gasteiger partial charge in [-0.25, -0.2) is 4.98 Å². The van der Waals surface area contributed by atoms with Crippen LogP contribution in [0.2, 0.25) is 0 Å². The number of pyridine rings is 1. The van der Waals surface area contributed by atoms with Gasteiger partial charge >= 0.3 is 0 Å². The average molecular weight is 407 g/mol. The van der Waals surface area contributed by atoms with E-state index in [-0.39, 0.29) is 11.8 Å². The van der Waals surface area contributed by atoms with Crippen LogP contribution in [0.4, 0.5) is 11.4 Å². The number of nitrogens with two attached hydrogens (primary N) is 1.